The molecule has 1 aromatic rings. The molecule has 1 saturated carbocycles. The molecule has 0 aliphatic heterocycles. The lowest BCUT2D eigenvalue weighted by Crippen LogP contribution is -2.22. The van der Waals surface area contributed by atoms with Crippen LogP contribution in [0.4, 0.5) is 0 Å². The Morgan fingerprint density at radius 1 is 1.38 bits per heavy atom. The Hall–Kier alpha value is -1.26. The van der Waals surface area contributed by atoms with E-state index in [0.29, 0.717) is 12.6 Å². The van der Waals surface area contributed by atoms with Crippen molar-refractivity contribution in [3.63, 3.8) is 0 Å². The van der Waals surface area contributed by atoms with E-state index in [-0.39, 0.29) is 0 Å². The van der Waals surface area contributed by atoms with Crippen molar-refractivity contribution < 1.29 is 0 Å². The molecule has 1 aromatic carbocycles. The van der Waals surface area contributed by atoms with Crippen LogP contribution in [0.1, 0.15) is 36.4 Å². The lowest BCUT2D eigenvalue weighted by Gasteiger charge is -2.17. The van der Waals surface area contributed by atoms with Gasteiger partial charge >= 0.3 is 0 Å². The van der Waals surface area contributed by atoms with Gasteiger partial charge in [0.25, 0.3) is 0 Å². The highest BCUT2D eigenvalue weighted by Gasteiger charge is 2.25. The van der Waals surface area contributed by atoms with Crippen molar-refractivity contribution in [3.8, 4) is 12.3 Å². The second-order valence-electron chi connectivity index (χ2n) is 4.73. The van der Waals surface area contributed by atoms with Crippen molar-refractivity contribution in [2.75, 3.05) is 6.54 Å². The van der Waals surface area contributed by atoms with Crippen LogP contribution in [0.5, 0.6) is 0 Å². The Labute approximate surface area is 98.3 Å². The van der Waals surface area contributed by atoms with E-state index in [1.165, 1.54) is 30.4 Å². The van der Waals surface area contributed by atoms with Crippen molar-refractivity contribution in [3.05, 3.63) is 35.4 Å². The molecular weight excluding hydrogens is 194 g/mol. The summed E-state index contributed by atoms with van der Waals surface area (Å²) in [7, 11) is 0. The molecular formula is C15H19N. The van der Waals surface area contributed by atoms with E-state index >= 15 is 0 Å². The summed E-state index contributed by atoms with van der Waals surface area (Å²) < 4.78 is 0. The van der Waals surface area contributed by atoms with E-state index in [2.05, 4.69) is 42.4 Å². The predicted molar refractivity (Wildman–Crippen MR) is 68.1 cm³/mol. The summed E-state index contributed by atoms with van der Waals surface area (Å²) in [4.78, 5) is 0. The lowest BCUT2D eigenvalue weighted by molar-refractivity contribution is 0.499. The normalized spacial score (nSPS) is 16.8. The zero-order valence-electron chi connectivity index (χ0n) is 9.87. The molecule has 0 heterocycles. The third-order valence-corrected chi connectivity index (χ3v) is 3.20. The molecule has 0 saturated heterocycles. The van der Waals surface area contributed by atoms with Crippen molar-refractivity contribution >= 4 is 0 Å². The third kappa shape index (κ3) is 3.12. The maximum absolute atomic E-state index is 5.31. The van der Waals surface area contributed by atoms with E-state index in [0.717, 1.165) is 5.92 Å². The summed E-state index contributed by atoms with van der Waals surface area (Å²) >= 11 is 0. The van der Waals surface area contributed by atoms with Gasteiger partial charge in [0.2, 0.25) is 0 Å². The number of hydrogen-bond acceptors (Lipinski definition) is 1. The first-order chi connectivity index (χ1) is 7.79. The summed E-state index contributed by atoms with van der Waals surface area (Å²) in [5.74, 6) is 3.58. The van der Waals surface area contributed by atoms with Gasteiger partial charge in [-0.15, -0.1) is 6.42 Å². The highest BCUT2D eigenvalue weighted by Crippen LogP contribution is 2.37. The molecule has 1 fully saturated rings. The minimum atomic E-state index is 0.434. The van der Waals surface area contributed by atoms with E-state index in [4.69, 9.17) is 6.42 Å². The molecule has 0 radical (unpaired) electrons. The molecule has 0 unspecified atom stereocenters. The SMILES string of the molecule is C#CCN[C@@H](CC1CC1)c1ccc(C)cc1. The molecule has 0 bridgehead atoms. The number of aryl methyl sites for hydroxylation is 1. The van der Waals surface area contributed by atoms with Crippen molar-refractivity contribution in [2.45, 2.75) is 32.2 Å². The Kier molecular flexibility index (Phi) is 3.64. The first-order valence-corrected chi connectivity index (χ1v) is 6.03. The molecule has 1 aliphatic carbocycles. The zero-order valence-corrected chi connectivity index (χ0v) is 9.87. The van der Waals surface area contributed by atoms with Gasteiger partial charge in [-0.3, -0.25) is 5.32 Å². The molecule has 0 spiro atoms. The van der Waals surface area contributed by atoms with Gasteiger partial charge in [-0.25, -0.2) is 0 Å². The monoisotopic (exact) mass is 213 g/mol. The summed E-state index contributed by atoms with van der Waals surface area (Å²) in [5.41, 5.74) is 2.68. The van der Waals surface area contributed by atoms with Crippen LogP contribution in [0, 0.1) is 25.2 Å². The summed E-state index contributed by atoms with van der Waals surface area (Å²) in [6.07, 6.45) is 9.32. The molecule has 1 atom stereocenters. The van der Waals surface area contributed by atoms with Crippen molar-refractivity contribution in [2.24, 2.45) is 5.92 Å². The van der Waals surface area contributed by atoms with Gasteiger partial charge in [-0.1, -0.05) is 48.6 Å². The first-order valence-electron chi connectivity index (χ1n) is 6.03. The summed E-state index contributed by atoms with van der Waals surface area (Å²) in [5, 5.41) is 3.44. The average Bonchev–Trinajstić information content (AvgIpc) is 3.09. The zero-order chi connectivity index (χ0) is 11.4. The third-order valence-electron chi connectivity index (χ3n) is 3.20. The Bertz CT molecular complexity index is 367. The highest BCUT2D eigenvalue weighted by molar-refractivity contribution is 5.24. The topological polar surface area (TPSA) is 12.0 Å². The number of rotatable bonds is 5. The summed E-state index contributed by atoms with van der Waals surface area (Å²) in [6.45, 7) is 2.78. The minimum Gasteiger partial charge on any atom is -0.299 e. The maximum atomic E-state index is 5.31. The van der Waals surface area contributed by atoms with Crippen LogP contribution in [0.25, 0.3) is 0 Å². The number of nitrogens with one attached hydrogen (secondary N) is 1. The second-order valence-corrected chi connectivity index (χ2v) is 4.73. The quantitative estimate of drug-likeness (QED) is 0.741. The minimum absolute atomic E-state index is 0.434. The van der Waals surface area contributed by atoms with Crippen LogP contribution in [0.2, 0.25) is 0 Å². The van der Waals surface area contributed by atoms with Crippen molar-refractivity contribution in [1.29, 1.82) is 0 Å². The fraction of sp³-hybridized carbons (Fsp3) is 0.467. The molecule has 0 aromatic heterocycles. The number of hydrogen-bond donors (Lipinski definition) is 1. The van der Waals surface area contributed by atoms with Gasteiger partial charge in [-0.05, 0) is 24.8 Å². The molecule has 1 aliphatic rings. The molecule has 1 N–H and O–H groups in total. The molecule has 84 valence electrons. The van der Waals surface area contributed by atoms with Crippen LogP contribution in [0.15, 0.2) is 24.3 Å². The largest absolute Gasteiger partial charge is 0.299 e. The van der Waals surface area contributed by atoms with Gasteiger partial charge in [0.1, 0.15) is 0 Å². The van der Waals surface area contributed by atoms with Gasteiger partial charge in [0, 0.05) is 6.04 Å². The van der Waals surface area contributed by atoms with Gasteiger partial charge < -0.3 is 0 Å². The first kappa shape index (κ1) is 11.2. The van der Waals surface area contributed by atoms with Gasteiger partial charge in [-0.2, -0.15) is 0 Å². The standard InChI is InChI=1S/C15H19N/c1-3-10-16-15(11-13-6-7-13)14-8-4-12(2)5-9-14/h1,4-5,8-9,13,15-16H,6-7,10-11H2,2H3/t15-/m0/s1. The predicted octanol–water partition coefficient (Wildman–Crippen LogP) is 3.06. The van der Waals surface area contributed by atoms with Crippen LogP contribution in [-0.2, 0) is 0 Å². The van der Waals surface area contributed by atoms with E-state index in [1.54, 1.807) is 0 Å². The molecule has 2 rings (SSSR count). The maximum Gasteiger partial charge on any atom is 0.0578 e. The fourth-order valence-electron chi connectivity index (χ4n) is 2.01. The van der Waals surface area contributed by atoms with Gasteiger partial charge in [0.15, 0.2) is 0 Å². The van der Waals surface area contributed by atoms with E-state index in [9.17, 15) is 0 Å². The van der Waals surface area contributed by atoms with Crippen molar-refractivity contribution in [1.82, 2.24) is 5.32 Å². The Morgan fingerprint density at radius 2 is 2.06 bits per heavy atom. The molecule has 1 heteroatoms. The number of benzene rings is 1. The molecule has 1 nitrogen and oxygen atoms in total. The lowest BCUT2D eigenvalue weighted by atomic mass is 10.00. The molecule has 16 heavy (non-hydrogen) atoms. The second kappa shape index (κ2) is 5.18. The smallest absolute Gasteiger partial charge is 0.0578 e. The average molecular weight is 213 g/mol. The van der Waals surface area contributed by atoms with E-state index < -0.39 is 0 Å². The number of terminal acetylenes is 1. The van der Waals surface area contributed by atoms with E-state index in [1.807, 2.05) is 0 Å². The summed E-state index contributed by atoms with van der Waals surface area (Å²) in [6, 6.07) is 9.21. The van der Waals surface area contributed by atoms with Crippen LogP contribution < -0.4 is 5.32 Å². The Balaban J connectivity index is 2.03. The van der Waals surface area contributed by atoms with Crippen LogP contribution in [-0.4, -0.2) is 6.54 Å². The van der Waals surface area contributed by atoms with Crippen LogP contribution >= 0.6 is 0 Å². The van der Waals surface area contributed by atoms with Crippen LogP contribution in [0.3, 0.4) is 0 Å². The molecule has 0 amide bonds. The Morgan fingerprint density at radius 3 is 2.62 bits per heavy atom. The highest BCUT2D eigenvalue weighted by atomic mass is 14.9. The van der Waals surface area contributed by atoms with Gasteiger partial charge in [0.05, 0.1) is 6.54 Å². The fourth-order valence-corrected chi connectivity index (χ4v) is 2.01.